The first kappa shape index (κ1) is 10.2. The van der Waals surface area contributed by atoms with Gasteiger partial charge in [0.15, 0.2) is 0 Å². The van der Waals surface area contributed by atoms with Gasteiger partial charge in [-0.3, -0.25) is 4.98 Å². The van der Waals surface area contributed by atoms with E-state index in [0.29, 0.717) is 0 Å². The quantitative estimate of drug-likeness (QED) is 0.748. The van der Waals surface area contributed by atoms with Crippen LogP contribution in [-0.4, -0.2) is 18.6 Å². The van der Waals surface area contributed by atoms with Crippen LogP contribution in [0.25, 0.3) is 6.08 Å². The number of hydrogen-bond acceptors (Lipinski definition) is 2. The van der Waals surface area contributed by atoms with E-state index in [4.69, 9.17) is 11.6 Å². The van der Waals surface area contributed by atoms with Crippen molar-refractivity contribution in [1.82, 2.24) is 10.3 Å². The fourth-order valence-corrected chi connectivity index (χ4v) is 1.11. The maximum absolute atomic E-state index is 5.80. The van der Waals surface area contributed by atoms with E-state index < -0.39 is 0 Å². The lowest BCUT2D eigenvalue weighted by Gasteiger charge is -1.93. The molecule has 0 saturated heterocycles. The van der Waals surface area contributed by atoms with E-state index in [0.717, 1.165) is 23.7 Å². The summed E-state index contributed by atoms with van der Waals surface area (Å²) in [5.74, 6) is 0. The summed E-state index contributed by atoms with van der Waals surface area (Å²) in [5, 5.41) is 3.79. The molecule has 0 atom stereocenters. The van der Waals surface area contributed by atoms with Crippen LogP contribution in [0.15, 0.2) is 24.4 Å². The van der Waals surface area contributed by atoms with Gasteiger partial charge in [-0.2, -0.15) is 0 Å². The van der Waals surface area contributed by atoms with Gasteiger partial charge in [-0.25, -0.2) is 0 Å². The Kier molecular flexibility index (Phi) is 4.50. The number of hydrogen-bond donors (Lipinski definition) is 1. The van der Waals surface area contributed by atoms with Crippen molar-refractivity contribution >= 4 is 17.7 Å². The Morgan fingerprint density at radius 3 is 3.15 bits per heavy atom. The Hall–Kier alpha value is -0.860. The SMILES string of the molecule is CNCCC=Cc1cc(Cl)ccn1. The Morgan fingerprint density at radius 1 is 1.62 bits per heavy atom. The maximum atomic E-state index is 5.80. The summed E-state index contributed by atoms with van der Waals surface area (Å²) >= 11 is 5.80. The second-order valence-electron chi connectivity index (χ2n) is 2.69. The highest BCUT2D eigenvalue weighted by Crippen LogP contribution is 2.08. The van der Waals surface area contributed by atoms with E-state index in [9.17, 15) is 0 Å². The van der Waals surface area contributed by atoms with Crippen molar-refractivity contribution in [3.8, 4) is 0 Å². The Balaban J connectivity index is 2.48. The molecule has 0 aliphatic rings. The lowest BCUT2D eigenvalue weighted by atomic mass is 10.3. The molecule has 0 aliphatic heterocycles. The van der Waals surface area contributed by atoms with Gasteiger partial charge in [0.1, 0.15) is 0 Å². The summed E-state index contributed by atoms with van der Waals surface area (Å²) < 4.78 is 0. The summed E-state index contributed by atoms with van der Waals surface area (Å²) in [6.45, 7) is 0.983. The zero-order chi connectivity index (χ0) is 9.52. The standard InChI is InChI=1S/C10H13ClN2/c1-12-6-3-2-4-10-8-9(11)5-7-13-10/h2,4-5,7-8,12H,3,6H2,1H3. The third-order valence-corrected chi connectivity index (χ3v) is 1.83. The minimum Gasteiger partial charge on any atom is -0.319 e. The maximum Gasteiger partial charge on any atom is 0.0641 e. The normalized spacial score (nSPS) is 10.9. The zero-order valence-electron chi connectivity index (χ0n) is 7.63. The molecule has 0 fully saturated rings. The highest BCUT2D eigenvalue weighted by Gasteiger charge is 1.89. The summed E-state index contributed by atoms with van der Waals surface area (Å²) in [4.78, 5) is 4.15. The fraction of sp³-hybridized carbons (Fsp3) is 0.300. The molecule has 2 nitrogen and oxygen atoms in total. The van der Waals surface area contributed by atoms with Crippen molar-refractivity contribution in [2.24, 2.45) is 0 Å². The largest absolute Gasteiger partial charge is 0.319 e. The van der Waals surface area contributed by atoms with Crippen molar-refractivity contribution in [3.63, 3.8) is 0 Å². The molecule has 0 saturated carbocycles. The lowest BCUT2D eigenvalue weighted by molar-refractivity contribution is 0.809. The average molecular weight is 197 g/mol. The smallest absolute Gasteiger partial charge is 0.0641 e. The molecule has 0 radical (unpaired) electrons. The van der Waals surface area contributed by atoms with Gasteiger partial charge in [0.2, 0.25) is 0 Å². The highest BCUT2D eigenvalue weighted by molar-refractivity contribution is 6.30. The van der Waals surface area contributed by atoms with Crippen molar-refractivity contribution in [3.05, 3.63) is 35.1 Å². The number of pyridine rings is 1. The lowest BCUT2D eigenvalue weighted by Crippen LogP contribution is -2.05. The van der Waals surface area contributed by atoms with Crippen LogP contribution in [0.5, 0.6) is 0 Å². The van der Waals surface area contributed by atoms with Crippen molar-refractivity contribution in [2.75, 3.05) is 13.6 Å². The molecule has 0 aliphatic carbocycles. The van der Waals surface area contributed by atoms with E-state index in [1.165, 1.54) is 0 Å². The Labute approximate surface area is 83.6 Å². The second-order valence-corrected chi connectivity index (χ2v) is 3.13. The minimum absolute atomic E-state index is 0.725. The summed E-state index contributed by atoms with van der Waals surface area (Å²) in [6, 6.07) is 3.62. The van der Waals surface area contributed by atoms with Crippen molar-refractivity contribution in [1.29, 1.82) is 0 Å². The van der Waals surface area contributed by atoms with E-state index >= 15 is 0 Å². The summed E-state index contributed by atoms with van der Waals surface area (Å²) in [7, 11) is 1.94. The molecule has 70 valence electrons. The van der Waals surface area contributed by atoms with Gasteiger partial charge in [-0.15, -0.1) is 0 Å². The van der Waals surface area contributed by atoms with Crippen LogP contribution in [-0.2, 0) is 0 Å². The molecule has 1 aromatic heterocycles. The van der Waals surface area contributed by atoms with E-state index in [1.54, 1.807) is 12.3 Å². The molecule has 0 unspecified atom stereocenters. The molecule has 1 N–H and O–H groups in total. The van der Waals surface area contributed by atoms with E-state index in [1.807, 2.05) is 19.2 Å². The van der Waals surface area contributed by atoms with Gasteiger partial charge in [-0.05, 0) is 38.2 Å². The highest BCUT2D eigenvalue weighted by atomic mass is 35.5. The molecule has 0 aromatic carbocycles. The van der Waals surface area contributed by atoms with Crippen LogP contribution in [0.2, 0.25) is 5.02 Å². The Bertz CT molecular complexity index is 284. The number of halogens is 1. The molecule has 3 heteroatoms. The van der Waals surface area contributed by atoms with Gasteiger partial charge < -0.3 is 5.32 Å². The van der Waals surface area contributed by atoms with Gasteiger partial charge in [0.05, 0.1) is 5.69 Å². The average Bonchev–Trinajstić information content (AvgIpc) is 2.13. The molecule has 1 rings (SSSR count). The molecule has 0 amide bonds. The monoisotopic (exact) mass is 196 g/mol. The van der Waals surface area contributed by atoms with Crippen LogP contribution in [0, 0.1) is 0 Å². The predicted octanol–water partition coefficient (Wildman–Crippen LogP) is 2.36. The predicted molar refractivity (Wildman–Crippen MR) is 56.8 cm³/mol. The zero-order valence-corrected chi connectivity index (χ0v) is 8.38. The van der Waals surface area contributed by atoms with Crippen LogP contribution in [0.3, 0.4) is 0 Å². The first-order valence-electron chi connectivity index (χ1n) is 4.25. The van der Waals surface area contributed by atoms with Crippen LogP contribution in [0.4, 0.5) is 0 Å². The molecule has 1 heterocycles. The third-order valence-electron chi connectivity index (χ3n) is 1.59. The van der Waals surface area contributed by atoms with E-state index in [2.05, 4.69) is 16.4 Å². The second kappa shape index (κ2) is 5.73. The van der Waals surface area contributed by atoms with Gasteiger partial charge in [-0.1, -0.05) is 17.7 Å². The molecular formula is C10H13ClN2. The first-order valence-corrected chi connectivity index (χ1v) is 4.63. The number of aromatic nitrogens is 1. The molecule has 1 aromatic rings. The fourth-order valence-electron chi connectivity index (χ4n) is 0.944. The number of nitrogens with zero attached hydrogens (tertiary/aromatic N) is 1. The molecule has 13 heavy (non-hydrogen) atoms. The summed E-state index contributed by atoms with van der Waals surface area (Å²) in [6.07, 6.45) is 6.77. The van der Waals surface area contributed by atoms with Gasteiger partial charge in [0, 0.05) is 11.2 Å². The van der Waals surface area contributed by atoms with Gasteiger partial charge >= 0.3 is 0 Å². The Morgan fingerprint density at radius 2 is 2.46 bits per heavy atom. The molecular weight excluding hydrogens is 184 g/mol. The summed E-state index contributed by atoms with van der Waals surface area (Å²) in [5.41, 5.74) is 0.906. The van der Waals surface area contributed by atoms with E-state index in [-0.39, 0.29) is 0 Å². The topological polar surface area (TPSA) is 24.9 Å². The first-order chi connectivity index (χ1) is 6.33. The molecule has 0 spiro atoms. The minimum atomic E-state index is 0.725. The number of nitrogens with one attached hydrogen (secondary N) is 1. The van der Waals surface area contributed by atoms with Crippen LogP contribution in [0.1, 0.15) is 12.1 Å². The number of rotatable bonds is 4. The van der Waals surface area contributed by atoms with Crippen molar-refractivity contribution in [2.45, 2.75) is 6.42 Å². The van der Waals surface area contributed by atoms with Crippen molar-refractivity contribution < 1.29 is 0 Å². The third kappa shape index (κ3) is 4.06. The molecule has 0 bridgehead atoms. The van der Waals surface area contributed by atoms with Crippen LogP contribution >= 0.6 is 11.6 Å². The van der Waals surface area contributed by atoms with Crippen LogP contribution < -0.4 is 5.32 Å². The van der Waals surface area contributed by atoms with Gasteiger partial charge in [0.25, 0.3) is 0 Å².